The summed E-state index contributed by atoms with van der Waals surface area (Å²) in [4.78, 5) is 8.83. The standard InChI is InChI=1S/C20H15Cl2F3N4O2/c21-14-7-12(8-15(22)18(14)30)26-17-9-16(28-19(29-17)27-11-4-5-11)10-2-1-3-13(6-10)31-20(23,24)25/h1-3,6-9,11,30H,4-5H2,(H2,26,27,28,29). The summed E-state index contributed by atoms with van der Waals surface area (Å²) in [5.74, 6) is 0.0791. The monoisotopic (exact) mass is 470 g/mol. The molecule has 1 heterocycles. The summed E-state index contributed by atoms with van der Waals surface area (Å²) in [6, 6.07) is 10.3. The highest BCUT2D eigenvalue weighted by molar-refractivity contribution is 6.37. The molecule has 0 saturated heterocycles. The molecule has 2 aromatic carbocycles. The molecule has 11 heteroatoms. The molecule has 1 fully saturated rings. The number of aromatic hydroxyl groups is 1. The fraction of sp³-hybridized carbons (Fsp3) is 0.200. The van der Waals surface area contributed by atoms with Gasteiger partial charge >= 0.3 is 6.36 Å². The number of alkyl halides is 3. The van der Waals surface area contributed by atoms with Gasteiger partial charge in [-0.25, -0.2) is 4.98 Å². The summed E-state index contributed by atoms with van der Waals surface area (Å²) in [5, 5.41) is 16.0. The summed E-state index contributed by atoms with van der Waals surface area (Å²) < 4.78 is 41.8. The zero-order chi connectivity index (χ0) is 22.2. The lowest BCUT2D eigenvalue weighted by atomic mass is 10.1. The molecule has 0 radical (unpaired) electrons. The molecule has 3 aromatic rings. The average Bonchev–Trinajstić information content (AvgIpc) is 3.49. The third-order valence-corrected chi connectivity index (χ3v) is 4.87. The SMILES string of the molecule is Oc1c(Cl)cc(Nc2cc(-c3cccc(OC(F)(F)F)c3)nc(NC3CC3)n2)cc1Cl. The molecular weight excluding hydrogens is 456 g/mol. The van der Waals surface area contributed by atoms with Crippen LogP contribution in [0.2, 0.25) is 10.0 Å². The second-order valence-electron chi connectivity index (χ2n) is 6.87. The first-order chi connectivity index (χ1) is 14.7. The molecule has 1 saturated carbocycles. The number of anilines is 3. The first kappa shape index (κ1) is 21.3. The number of phenolic OH excluding ortho intramolecular Hbond substituents is 1. The molecule has 0 spiro atoms. The summed E-state index contributed by atoms with van der Waals surface area (Å²) in [6.07, 6.45) is -2.84. The first-order valence-electron chi connectivity index (χ1n) is 9.13. The fourth-order valence-electron chi connectivity index (χ4n) is 2.77. The van der Waals surface area contributed by atoms with Crippen LogP contribution in [0, 0.1) is 0 Å². The molecule has 3 N–H and O–H groups in total. The second kappa shape index (κ2) is 8.32. The van der Waals surface area contributed by atoms with E-state index in [4.69, 9.17) is 23.2 Å². The quantitative estimate of drug-likeness (QED) is 0.363. The van der Waals surface area contributed by atoms with Gasteiger partial charge in [-0.1, -0.05) is 35.3 Å². The minimum atomic E-state index is -4.80. The number of benzene rings is 2. The average molecular weight is 471 g/mol. The molecule has 1 aliphatic carbocycles. The van der Waals surface area contributed by atoms with Gasteiger partial charge in [0.1, 0.15) is 11.6 Å². The second-order valence-corrected chi connectivity index (χ2v) is 7.68. The van der Waals surface area contributed by atoms with Gasteiger partial charge in [-0.15, -0.1) is 13.2 Å². The van der Waals surface area contributed by atoms with Crippen LogP contribution in [0.25, 0.3) is 11.3 Å². The van der Waals surface area contributed by atoms with Gasteiger partial charge in [0, 0.05) is 23.4 Å². The van der Waals surface area contributed by atoms with Crippen LogP contribution < -0.4 is 15.4 Å². The van der Waals surface area contributed by atoms with Gasteiger partial charge in [0.2, 0.25) is 5.95 Å². The smallest absolute Gasteiger partial charge is 0.505 e. The Kier molecular flexibility index (Phi) is 5.72. The number of rotatable bonds is 6. The van der Waals surface area contributed by atoms with Crippen molar-refractivity contribution in [1.29, 1.82) is 0 Å². The van der Waals surface area contributed by atoms with Crippen LogP contribution in [-0.4, -0.2) is 27.5 Å². The van der Waals surface area contributed by atoms with Crippen molar-refractivity contribution in [3.8, 4) is 22.8 Å². The molecule has 31 heavy (non-hydrogen) atoms. The third kappa shape index (κ3) is 5.62. The molecule has 0 bridgehead atoms. The van der Waals surface area contributed by atoms with E-state index < -0.39 is 6.36 Å². The Balaban J connectivity index is 1.69. The number of hydrogen-bond donors (Lipinski definition) is 3. The molecule has 4 rings (SSSR count). The van der Waals surface area contributed by atoms with Crippen LogP contribution in [0.4, 0.5) is 30.6 Å². The molecule has 162 valence electrons. The van der Waals surface area contributed by atoms with Gasteiger partial charge in [0.15, 0.2) is 5.75 Å². The summed E-state index contributed by atoms with van der Waals surface area (Å²) in [6.45, 7) is 0. The van der Waals surface area contributed by atoms with Gasteiger partial charge in [-0.05, 0) is 37.1 Å². The Hall–Kier alpha value is -2.91. The maximum absolute atomic E-state index is 12.6. The number of halogens is 5. The fourth-order valence-corrected chi connectivity index (χ4v) is 3.26. The zero-order valence-corrected chi connectivity index (χ0v) is 17.2. The van der Waals surface area contributed by atoms with Crippen molar-refractivity contribution in [1.82, 2.24) is 9.97 Å². The van der Waals surface area contributed by atoms with E-state index in [9.17, 15) is 18.3 Å². The lowest BCUT2D eigenvalue weighted by Crippen LogP contribution is -2.17. The van der Waals surface area contributed by atoms with E-state index in [1.54, 1.807) is 12.1 Å². The molecule has 0 atom stereocenters. The topological polar surface area (TPSA) is 79.3 Å². The van der Waals surface area contributed by atoms with Crippen molar-refractivity contribution in [2.45, 2.75) is 25.2 Å². The van der Waals surface area contributed by atoms with Crippen LogP contribution in [-0.2, 0) is 0 Å². The van der Waals surface area contributed by atoms with Crippen LogP contribution in [0.5, 0.6) is 11.5 Å². The van der Waals surface area contributed by atoms with Crippen molar-refractivity contribution >= 4 is 40.7 Å². The Bertz CT molecular complexity index is 1100. The van der Waals surface area contributed by atoms with Gasteiger partial charge in [0.05, 0.1) is 15.7 Å². The normalized spacial score (nSPS) is 13.7. The van der Waals surface area contributed by atoms with E-state index in [-0.39, 0.29) is 27.6 Å². The molecule has 0 amide bonds. The van der Waals surface area contributed by atoms with E-state index in [1.807, 2.05) is 0 Å². The maximum Gasteiger partial charge on any atom is 0.573 e. The Labute approximate surface area is 185 Å². The summed E-state index contributed by atoms with van der Waals surface area (Å²) in [5.41, 5.74) is 1.25. The lowest BCUT2D eigenvalue weighted by molar-refractivity contribution is -0.274. The van der Waals surface area contributed by atoms with Gasteiger partial charge in [-0.2, -0.15) is 4.98 Å². The zero-order valence-electron chi connectivity index (χ0n) is 15.7. The maximum atomic E-state index is 12.6. The van der Waals surface area contributed by atoms with Gasteiger partial charge in [0.25, 0.3) is 0 Å². The number of aromatic nitrogens is 2. The van der Waals surface area contributed by atoms with Gasteiger partial charge in [-0.3, -0.25) is 0 Å². The van der Waals surface area contributed by atoms with Crippen molar-refractivity contribution in [2.24, 2.45) is 0 Å². The minimum absolute atomic E-state index is 0.0533. The van der Waals surface area contributed by atoms with Crippen LogP contribution in [0.1, 0.15) is 12.8 Å². The van der Waals surface area contributed by atoms with Crippen molar-refractivity contribution in [3.63, 3.8) is 0 Å². The molecule has 1 aliphatic rings. The molecule has 1 aromatic heterocycles. The molecular formula is C20H15Cl2F3N4O2. The van der Waals surface area contributed by atoms with E-state index in [0.717, 1.165) is 12.8 Å². The number of hydrogen-bond acceptors (Lipinski definition) is 6. The van der Waals surface area contributed by atoms with E-state index in [2.05, 4.69) is 25.3 Å². The summed E-state index contributed by atoms with van der Waals surface area (Å²) >= 11 is 11.9. The van der Waals surface area contributed by atoms with Crippen molar-refractivity contribution < 1.29 is 23.0 Å². The third-order valence-electron chi connectivity index (χ3n) is 4.29. The highest BCUT2D eigenvalue weighted by atomic mass is 35.5. The van der Waals surface area contributed by atoms with E-state index >= 15 is 0 Å². The van der Waals surface area contributed by atoms with Crippen molar-refractivity contribution in [2.75, 3.05) is 10.6 Å². The largest absolute Gasteiger partial charge is 0.573 e. The Morgan fingerprint density at radius 2 is 1.74 bits per heavy atom. The molecule has 0 aliphatic heterocycles. The first-order valence-corrected chi connectivity index (χ1v) is 9.89. The van der Waals surface area contributed by atoms with E-state index in [1.165, 1.54) is 30.3 Å². The van der Waals surface area contributed by atoms with E-state index in [0.29, 0.717) is 28.7 Å². The molecule has 6 nitrogen and oxygen atoms in total. The van der Waals surface area contributed by atoms with Crippen LogP contribution >= 0.6 is 23.2 Å². The number of ether oxygens (including phenoxy) is 1. The highest BCUT2D eigenvalue weighted by Gasteiger charge is 2.31. The highest BCUT2D eigenvalue weighted by Crippen LogP contribution is 2.36. The minimum Gasteiger partial charge on any atom is -0.505 e. The Morgan fingerprint density at radius 1 is 1.03 bits per heavy atom. The number of phenols is 1. The van der Waals surface area contributed by atoms with Crippen LogP contribution in [0.15, 0.2) is 42.5 Å². The number of nitrogens with zero attached hydrogens (tertiary/aromatic N) is 2. The lowest BCUT2D eigenvalue weighted by Gasteiger charge is -2.13. The number of nitrogens with one attached hydrogen (secondary N) is 2. The van der Waals surface area contributed by atoms with Crippen LogP contribution in [0.3, 0.4) is 0 Å². The molecule has 0 unspecified atom stereocenters. The predicted octanol–water partition coefficient (Wildman–Crippen LogP) is 6.37. The summed E-state index contributed by atoms with van der Waals surface area (Å²) in [7, 11) is 0. The Morgan fingerprint density at radius 3 is 2.39 bits per heavy atom. The predicted molar refractivity (Wildman–Crippen MR) is 112 cm³/mol. The van der Waals surface area contributed by atoms with Gasteiger partial charge < -0.3 is 20.5 Å². The van der Waals surface area contributed by atoms with Crippen molar-refractivity contribution in [3.05, 3.63) is 52.5 Å².